The molecule has 1 aromatic heterocycles. The highest BCUT2D eigenvalue weighted by Gasteiger charge is 2.12. The second-order valence-electron chi connectivity index (χ2n) is 2.63. The van der Waals surface area contributed by atoms with Gasteiger partial charge in [-0.05, 0) is 22.9 Å². The van der Waals surface area contributed by atoms with Gasteiger partial charge in [-0.3, -0.25) is 0 Å². The van der Waals surface area contributed by atoms with E-state index < -0.39 is 6.10 Å². The van der Waals surface area contributed by atoms with E-state index >= 15 is 0 Å². The molecule has 1 heterocycles. The number of rotatable bonds is 4. The number of aromatic nitrogens is 3. The first kappa shape index (κ1) is 10.6. The predicted octanol–water partition coefficient (Wildman–Crippen LogP) is 0.740. The molecule has 0 amide bonds. The van der Waals surface area contributed by atoms with Crippen LogP contribution in [0.1, 0.15) is 18.9 Å². The van der Waals surface area contributed by atoms with E-state index in [-0.39, 0.29) is 0 Å². The third-order valence-electron chi connectivity index (χ3n) is 1.56. The fourth-order valence-corrected chi connectivity index (χ4v) is 1.35. The standard InChI is InChI=1S/C7H12BrN3O2/c1-5(12)6-9-7(8)10-11(6)3-4-13-2/h5,12H,3-4H2,1-2H3. The largest absolute Gasteiger partial charge is 0.385 e. The zero-order valence-electron chi connectivity index (χ0n) is 7.57. The number of nitrogens with zero attached hydrogens (tertiary/aromatic N) is 3. The normalized spacial score (nSPS) is 13.2. The first-order valence-corrected chi connectivity index (χ1v) is 4.71. The van der Waals surface area contributed by atoms with Gasteiger partial charge < -0.3 is 9.84 Å². The van der Waals surface area contributed by atoms with Crippen molar-refractivity contribution >= 4 is 15.9 Å². The molecule has 74 valence electrons. The minimum atomic E-state index is -0.615. The van der Waals surface area contributed by atoms with Crippen LogP contribution in [0.15, 0.2) is 4.73 Å². The van der Waals surface area contributed by atoms with Gasteiger partial charge in [-0.2, -0.15) is 0 Å². The van der Waals surface area contributed by atoms with Crippen LogP contribution in [0.2, 0.25) is 0 Å². The summed E-state index contributed by atoms with van der Waals surface area (Å²) in [6.07, 6.45) is -0.615. The molecule has 0 aliphatic heterocycles. The molecule has 1 unspecified atom stereocenters. The fourth-order valence-electron chi connectivity index (χ4n) is 0.977. The molecule has 0 fully saturated rings. The van der Waals surface area contributed by atoms with Crippen molar-refractivity contribution in [3.63, 3.8) is 0 Å². The first-order valence-electron chi connectivity index (χ1n) is 3.92. The third-order valence-corrected chi connectivity index (χ3v) is 1.89. The minimum Gasteiger partial charge on any atom is -0.385 e. The highest BCUT2D eigenvalue weighted by Crippen LogP contribution is 2.12. The number of hydrogen-bond donors (Lipinski definition) is 1. The lowest BCUT2D eigenvalue weighted by Gasteiger charge is -2.06. The molecule has 1 atom stereocenters. The summed E-state index contributed by atoms with van der Waals surface area (Å²) >= 11 is 3.15. The van der Waals surface area contributed by atoms with E-state index in [4.69, 9.17) is 4.74 Å². The van der Waals surface area contributed by atoms with Crippen molar-refractivity contribution in [2.75, 3.05) is 13.7 Å². The van der Waals surface area contributed by atoms with Crippen molar-refractivity contribution in [1.82, 2.24) is 14.8 Å². The molecule has 1 N–H and O–H groups in total. The van der Waals surface area contributed by atoms with Gasteiger partial charge in [0.15, 0.2) is 5.82 Å². The summed E-state index contributed by atoms with van der Waals surface area (Å²) in [5.74, 6) is 0.545. The summed E-state index contributed by atoms with van der Waals surface area (Å²) in [6.45, 7) is 2.80. The zero-order chi connectivity index (χ0) is 9.84. The van der Waals surface area contributed by atoms with Crippen molar-refractivity contribution < 1.29 is 9.84 Å². The van der Waals surface area contributed by atoms with Crippen molar-refractivity contribution in [2.24, 2.45) is 0 Å². The van der Waals surface area contributed by atoms with Gasteiger partial charge in [-0.25, -0.2) is 9.67 Å². The predicted molar refractivity (Wildman–Crippen MR) is 50.2 cm³/mol. The second-order valence-corrected chi connectivity index (χ2v) is 3.34. The lowest BCUT2D eigenvalue weighted by atomic mass is 10.4. The smallest absolute Gasteiger partial charge is 0.217 e. The van der Waals surface area contributed by atoms with Gasteiger partial charge >= 0.3 is 0 Å². The monoisotopic (exact) mass is 249 g/mol. The number of aliphatic hydroxyl groups excluding tert-OH is 1. The van der Waals surface area contributed by atoms with Crippen LogP contribution in [-0.4, -0.2) is 33.6 Å². The van der Waals surface area contributed by atoms with Crippen LogP contribution in [0.5, 0.6) is 0 Å². The molecular weight excluding hydrogens is 238 g/mol. The Bertz CT molecular complexity index is 275. The highest BCUT2D eigenvalue weighted by molar-refractivity contribution is 9.10. The van der Waals surface area contributed by atoms with Crippen LogP contribution >= 0.6 is 15.9 Å². The molecule has 1 rings (SSSR count). The molecule has 0 spiro atoms. The molecule has 0 radical (unpaired) electrons. The van der Waals surface area contributed by atoms with Crippen molar-refractivity contribution in [3.05, 3.63) is 10.6 Å². The maximum atomic E-state index is 9.33. The van der Waals surface area contributed by atoms with Crippen LogP contribution in [0.25, 0.3) is 0 Å². The van der Waals surface area contributed by atoms with E-state index in [2.05, 4.69) is 26.0 Å². The molecule has 1 aromatic rings. The SMILES string of the molecule is COCCn1nc(Br)nc1C(C)O. The zero-order valence-corrected chi connectivity index (χ0v) is 9.15. The number of hydrogen-bond acceptors (Lipinski definition) is 4. The molecular formula is C7H12BrN3O2. The minimum absolute atomic E-state index is 0.486. The number of aliphatic hydroxyl groups is 1. The molecule has 6 heteroatoms. The van der Waals surface area contributed by atoms with Crippen molar-refractivity contribution in [2.45, 2.75) is 19.6 Å². The Balaban J connectivity index is 2.78. The van der Waals surface area contributed by atoms with Gasteiger partial charge in [0, 0.05) is 7.11 Å². The highest BCUT2D eigenvalue weighted by atomic mass is 79.9. The van der Waals surface area contributed by atoms with E-state index in [9.17, 15) is 5.11 Å². The summed E-state index contributed by atoms with van der Waals surface area (Å²) in [5, 5.41) is 13.4. The molecule has 5 nitrogen and oxygen atoms in total. The molecule has 0 aromatic carbocycles. The van der Waals surface area contributed by atoms with Gasteiger partial charge in [-0.1, -0.05) is 0 Å². The molecule has 0 saturated heterocycles. The van der Waals surface area contributed by atoms with Gasteiger partial charge in [0.1, 0.15) is 6.10 Å². The number of halogens is 1. The average Bonchev–Trinajstić information content (AvgIpc) is 2.43. The summed E-state index contributed by atoms with van der Waals surface area (Å²) in [5.41, 5.74) is 0. The summed E-state index contributed by atoms with van der Waals surface area (Å²) in [6, 6.07) is 0. The molecule has 0 bridgehead atoms. The maximum Gasteiger partial charge on any atom is 0.217 e. The van der Waals surface area contributed by atoms with E-state index in [1.807, 2.05) is 0 Å². The fraction of sp³-hybridized carbons (Fsp3) is 0.714. The quantitative estimate of drug-likeness (QED) is 0.856. The second kappa shape index (κ2) is 4.69. The molecule has 0 aliphatic carbocycles. The van der Waals surface area contributed by atoms with E-state index in [0.717, 1.165) is 0 Å². The Hall–Kier alpha value is -0.460. The Labute approximate surface area is 84.9 Å². The van der Waals surface area contributed by atoms with Crippen LogP contribution in [0, 0.1) is 0 Å². The molecule has 0 saturated carbocycles. The van der Waals surface area contributed by atoms with Crippen molar-refractivity contribution in [1.29, 1.82) is 0 Å². The van der Waals surface area contributed by atoms with Gasteiger partial charge in [0.25, 0.3) is 0 Å². The van der Waals surface area contributed by atoms with Crippen LogP contribution in [0.4, 0.5) is 0 Å². The molecule has 13 heavy (non-hydrogen) atoms. The van der Waals surface area contributed by atoms with E-state index in [0.29, 0.717) is 23.7 Å². The maximum absolute atomic E-state index is 9.33. The third kappa shape index (κ3) is 2.75. The van der Waals surface area contributed by atoms with Gasteiger partial charge in [0.05, 0.1) is 13.2 Å². The number of ether oxygens (including phenoxy) is 1. The lowest BCUT2D eigenvalue weighted by Crippen LogP contribution is -2.11. The first-order chi connectivity index (χ1) is 6.15. The number of methoxy groups -OCH3 is 1. The Morgan fingerprint density at radius 2 is 2.38 bits per heavy atom. The average molecular weight is 250 g/mol. The Kier molecular flexibility index (Phi) is 3.83. The van der Waals surface area contributed by atoms with Crippen LogP contribution in [0.3, 0.4) is 0 Å². The van der Waals surface area contributed by atoms with Gasteiger partial charge in [0.2, 0.25) is 4.73 Å². The topological polar surface area (TPSA) is 60.2 Å². The van der Waals surface area contributed by atoms with Crippen LogP contribution < -0.4 is 0 Å². The van der Waals surface area contributed by atoms with E-state index in [1.165, 1.54) is 0 Å². The summed E-state index contributed by atoms with van der Waals surface area (Å²) in [4.78, 5) is 4.03. The Morgan fingerprint density at radius 3 is 2.92 bits per heavy atom. The Morgan fingerprint density at radius 1 is 1.69 bits per heavy atom. The summed E-state index contributed by atoms with van der Waals surface area (Å²) in [7, 11) is 1.62. The van der Waals surface area contributed by atoms with Crippen molar-refractivity contribution in [3.8, 4) is 0 Å². The van der Waals surface area contributed by atoms with Gasteiger partial charge in [-0.15, -0.1) is 5.10 Å². The lowest BCUT2D eigenvalue weighted by molar-refractivity contribution is 0.161. The molecule has 0 aliphatic rings. The van der Waals surface area contributed by atoms with Crippen LogP contribution in [-0.2, 0) is 11.3 Å². The van der Waals surface area contributed by atoms with E-state index in [1.54, 1.807) is 18.7 Å². The summed E-state index contributed by atoms with van der Waals surface area (Å²) < 4.78 is 7.01.